The zero-order valence-electron chi connectivity index (χ0n) is 9.81. The van der Waals surface area contributed by atoms with E-state index in [4.69, 9.17) is 0 Å². The van der Waals surface area contributed by atoms with Crippen LogP contribution in [0.2, 0.25) is 0 Å². The molecule has 0 amide bonds. The van der Waals surface area contributed by atoms with Gasteiger partial charge in [0, 0.05) is 16.6 Å². The highest BCUT2D eigenvalue weighted by molar-refractivity contribution is 9.10. The highest BCUT2D eigenvalue weighted by Crippen LogP contribution is 2.17. The van der Waals surface area contributed by atoms with E-state index in [0.29, 0.717) is 6.42 Å². The van der Waals surface area contributed by atoms with Crippen molar-refractivity contribution in [3.63, 3.8) is 0 Å². The molecule has 0 bridgehead atoms. The maximum atomic E-state index is 9.19. The third-order valence-corrected chi connectivity index (χ3v) is 3.10. The van der Waals surface area contributed by atoms with Gasteiger partial charge < -0.3 is 5.32 Å². The van der Waals surface area contributed by atoms with Crippen LogP contribution in [0.25, 0.3) is 0 Å². The van der Waals surface area contributed by atoms with Gasteiger partial charge in [0.15, 0.2) is 0 Å². The van der Waals surface area contributed by atoms with Crippen LogP contribution in [-0.2, 0) is 6.42 Å². The van der Waals surface area contributed by atoms with Gasteiger partial charge in [-0.3, -0.25) is 0 Å². The van der Waals surface area contributed by atoms with E-state index in [1.807, 2.05) is 54.6 Å². The lowest BCUT2D eigenvalue weighted by Gasteiger charge is -2.13. The molecule has 2 rings (SSSR count). The van der Waals surface area contributed by atoms with Gasteiger partial charge in [0.05, 0.1) is 6.07 Å². The van der Waals surface area contributed by atoms with Crippen molar-refractivity contribution >= 4 is 21.6 Å². The van der Waals surface area contributed by atoms with E-state index in [1.54, 1.807) is 0 Å². The zero-order chi connectivity index (χ0) is 12.8. The van der Waals surface area contributed by atoms with E-state index in [2.05, 4.69) is 27.3 Å². The molecular weight excluding hydrogens is 288 g/mol. The number of nitriles is 1. The summed E-state index contributed by atoms with van der Waals surface area (Å²) in [6.45, 7) is 0. The summed E-state index contributed by atoms with van der Waals surface area (Å²) in [6.07, 6.45) is 0.698. The number of nitrogens with zero attached hydrogens (tertiary/aromatic N) is 1. The van der Waals surface area contributed by atoms with Crippen molar-refractivity contribution < 1.29 is 0 Å². The van der Waals surface area contributed by atoms with Crippen LogP contribution in [0.5, 0.6) is 0 Å². The van der Waals surface area contributed by atoms with Gasteiger partial charge in [-0.25, -0.2) is 0 Å². The molecule has 2 aromatic rings. The van der Waals surface area contributed by atoms with E-state index >= 15 is 0 Å². The van der Waals surface area contributed by atoms with Gasteiger partial charge in [-0.15, -0.1) is 0 Å². The number of rotatable bonds is 4. The normalized spacial score (nSPS) is 11.6. The minimum atomic E-state index is -0.221. The van der Waals surface area contributed by atoms with Gasteiger partial charge in [0.1, 0.15) is 6.04 Å². The largest absolute Gasteiger partial charge is 0.370 e. The third kappa shape index (κ3) is 3.61. The highest BCUT2D eigenvalue weighted by Gasteiger charge is 2.08. The first-order valence-corrected chi connectivity index (χ1v) is 6.53. The van der Waals surface area contributed by atoms with Crippen LogP contribution in [-0.4, -0.2) is 6.04 Å². The Labute approximate surface area is 115 Å². The van der Waals surface area contributed by atoms with E-state index in [9.17, 15) is 5.26 Å². The van der Waals surface area contributed by atoms with Gasteiger partial charge in [-0.2, -0.15) is 5.26 Å². The van der Waals surface area contributed by atoms with E-state index in [-0.39, 0.29) is 6.04 Å². The molecule has 2 aromatic carbocycles. The summed E-state index contributed by atoms with van der Waals surface area (Å²) in [6, 6.07) is 19.9. The number of halogens is 1. The molecule has 0 heterocycles. The Hall–Kier alpha value is -1.79. The quantitative estimate of drug-likeness (QED) is 0.926. The molecule has 0 fully saturated rings. The lowest BCUT2D eigenvalue weighted by atomic mass is 10.1. The molecule has 18 heavy (non-hydrogen) atoms. The van der Waals surface area contributed by atoms with Crippen LogP contribution in [0.15, 0.2) is 59.1 Å². The van der Waals surface area contributed by atoms with Crippen LogP contribution in [0.1, 0.15) is 5.56 Å². The molecule has 0 spiro atoms. The Morgan fingerprint density at radius 1 is 1.11 bits per heavy atom. The first-order chi connectivity index (χ1) is 8.78. The Bertz CT molecular complexity index is 546. The van der Waals surface area contributed by atoms with Crippen molar-refractivity contribution in [3.05, 3.63) is 64.6 Å². The summed E-state index contributed by atoms with van der Waals surface area (Å²) in [5.74, 6) is 0. The summed E-state index contributed by atoms with van der Waals surface area (Å²) in [5.41, 5.74) is 2.11. The van der Waals surface area contributed by atoms with Crippen molar-refractivity contribution in [1.29, 1.82) is 5.26 Å². The monoisotopic (exact) mass is 300 g/mol. The molecule has 0 aliphatic carbocycles. The number of hydrogen-bond donors (Lipinski definition) is 1. The second kappa shape index (κ2) is 6.23. The van der Waals surface area contributed by atoms with E-state index in [0.717, 1.165) is 15.7 Å². The highest BCUT2D eigenvalue weighted by atomic mass is 79.9. The van der Waals surface area contributed by atoms with Crippen LogP contribution in [0.4, 0.5) is 5.69 Å². The Kier molecular flexibility index (Phi) is 4.38. The Morgan fingerprint density at radius 2 is 1.89 bits per heavy atom. The number of hydrogen-bond acceptors (Lipinski definition) is 2. The maximum Gasteiger partial charge on any atom is 0.118 e. The van der Waals surface area contributed by atoms with Crippen LogP contribution in [0.3, 0.4) is 0 Å². The molecule has 90 valence electrons. The molecule has 3 heteroatoms. The van der Waals surface area contributed by atoms with Crippen molar-refractivity contribution in [1.82, 2.24) is 0 Å². The molecule has 0 saturated carbocycles. The van der Waals surface area contributed by atoms with Gasteiger partial charge in [-0.05, 0) is 23.8 Å². The minimum Gasteiger partial charge on any atom is -0.370 e. The van der Waals surface area contributed by atoms with Crippen molar-refractivity contribution in [2.24, 2.45) is 0 Å². The maximum absolute atomic E-state index is 9.19. The third-order valence-electron chi connectivity index (χ3n) is 2.60. The molecular formula is C15H13BrN2. The van der Waals surface area contributed by atoms with E-state index < -0.39 is 0 Å². The van der Waals surface area contributed by atoms with Crippen molar-refractivity contribution in [2.45, 2.75) is 12.5 Å². The lowest BCUT2D eigenvalue weighted by molar-refractivity contribution is 0.876. The standard InChI is InChI=1S/C15H13BrN2/c16-13-7-4-8-14(10-13)18-15(11-17)9-12-5-2-1-3-6-12/h1-8,10,15,18H,9H2. The summed E-state index contributed by atoms with van der Waals surface area (Å²) >= 11 is 3.42. The van der Waals surface area contributed by atoms with E-state index in [1.165, 1.54) is 0 Å². The van der Waals surface area contributed by atoms with Crippen LogP contribution in [0, 0.1) is 11.3 Å². The second-order valence-corrected chi connectivity index (χ2v) is 4.94. The summed E-state index contributed by atoms with van der Waals surface area (Å²) in [7, 11) is 0. The summed E-state index contributed by atoms with van der Waals surface area (Å²) in [4.78, 5) is 0. The molecule has 0 radical (unpaired) electrons. The second-order valence-electron chi connectivity index (χ2n) is 4.03. The SMILES string of the molecule is N#CC(Cc1ccccc1)Nc1cccc(Br)c1. The van der Waals surface area contributed by atoms with Crippen molar-refractivity contribution in [2.75, 3.05) is 5.32 Å². The average molecular weight is 301 g/mol. The smallest absolute Gasteiger partial charge is 0.118 e. The minimum absolute atomic E-state index is 0.221. The average Bonchev–Trinajstić information content (AvgIpc) is 2.39. The molecule has 2 nitrogen and oxygen atoms in total. The molecule has 0 saturated heterocycles. The Morgan fingerprint density at radius 3 is 2.56 bits per heavy atom. The number of anilines is 1. The molecule has 0 aliphatic rings. The first-order valence-electron chi connectivity index (χ1n) is 5.73. The van der Waals surface area contributed by atoms with Crippen molar-refractivity contribution in [3.8, 4) is 6.07 Å². The molecule has 0 aromatic heterocycles. The fraction of sp³-hybridized carbons (Fsp3) is 0.133. The lowest BCUT2D eigenvalue weighted by Crippen LogP contribution is -2.20. The zero-order valence-corrected chi connectivity index (χ0v) is 11.4. The summed E-state index contributed by atoms with van der Waals surface area (Å²) < 4.78 is 1.00. The summed E-state index contributed by atoms with van der Waals surface area (Å²) in [5, 5.41) is 12.4. The van der Waals surface area contributed by atoms with Crippen LogP contribution < -0.4 is 5.32 Å². The van der Waals surface area contributed by atoms with Gasteiger partial charge >= 0.3 is 0 Å². The predicted octanol–water partition coefficient (Wildman–Crippen LogP) is 4.00. The fourth-order valence-corrected chi connectivity index (χ4v) is 2.16. The Balaban J connectivity index is 2.05. The topological polar surface area (TPSA) is 35.8 Å². The van der Waals surface area contributed by atoms with Gasteiger partial charge in [0.25, 0.3) is 0 Å². The molecule has 1 unspecified atom stereocenters. The van der Waals surface area contributed by atoms with Gasteiger partial charge in [-0.1, -0.05) is 52.3 Å². The number of benzene rings is 2. The molecule has 1 N–H and O–H groups in total. The van der Waals surface area contributed by atoms with Gasteiger partial charge in [0.2, 0.25) is 0 Å². The van der Waals surface area contributed by atoms with Crippen LogP contribution >= 0.6 is 15.9 Å². The molecule has 1 atom stereocenters. The molecule has 0 aliphatic heterocycles. The fourth-order valence-electron chi connectivity index (χ4n) is 1.76. The number of nitrogens with one attached hydrogen (secondary N) is 1. The predicted molar refractivity (Wildman–Crippen MR) is 77.3 cm³/mol. The first kappa shape index (κ1) is 12.7.